The minimum Gasteiger partial charge on any atom is -0.494 e. The van der Waals surface area contributed by atoms with E-state index in [-0.39, 0.29) is 5.56 Å². The number of aromatic carboxylic acids is 1. The first kappa shape index (κ1) is 16.0. The monoisotopic (exact) mass is 321 g/mol. The van der Waals surface area contributed by atoms with Gasteiger partial charge in [-0.15, -0.1) is 0 Å². The highest BCUT2D eigenvalue weighted by Crippen LogP contribution is 2.29. The topological polar surface area (TPSA) is 59.4 Å². The molecule has 1 N–H and O–H groups in total. The lowest BCUT2D eigenvalue weighted by Gasteiger charge is -2.11. The van der Waals surface area contributed by atoms with Crippen LogP contribution in [0.1, 0.15) is 28.4 Å². The van der Waals surface area contributed by atoms with E-state index in [9.17, 15) is 9.90 Å². The van der Waals surface area contributed by atoms with E-state index >= 15 is 0 Å². The highest BCUT2D eigenvalue weighted by Gasteiger charge is 2.15. The zero-order chi connectivity index (χ0) is 17.3. The molecule has 122 valence electrons. The summed E-state index contributed by atoms with van der Waals surface area (Å²) in [5.41, 5.74) is 4.48. The van der Waals surface area contributed by atoms with Gasteiger partial charge in [-0.1, -0.05) is 6.07 Å². The summed E-state index contributed by atoms with van der Waals surface area (Å²) in [6, 6.07) is 13.1. The lowest BCUT2D eigenvalue weighted by Crippen LogP contribution is -2.02. The van der Waals surface area contributed by atoms with Crippen molar-refractivity contribution in [3.8, 4) is 17.0 Å². The molecule has 0 atom stereocenters. The number of fused-ring (bicyclic) bond motifs is 1. The van der Waals surface area contributed by atoms with Gasteiger partial charge in [0, 0.05) is 10.9 Å². The summed E-state index contributed by atoms with van der Waals surface area (Å²) in [5, 5.41) is 10.3. The lowest BCUT2D eigenvalue weighted by atomic mass is 9.99. The maximum Gasteiger partial charge on any atom is 0.336 e. The number of nitrogens with zero attached hydrogens (tertiary/aromatic N) is 1. The van der Waals surface area contributed by atoms with Crippen molar-refractivity contribution in [2.75, 3.05) is 6.61 Å². The van der Waals surface area contributed by atoms with Crippen LogP contribution in [0.25, 0.3) is 22.2 Å². The molecule has 4 heteroatoms. The molecule has 0 aliphatic heterocycles. The van der Waals surface area contributed by atoms with E-state index < -0.39 is 5.97 Å². The van der Waals surface area contributed by atoms with Crippen LogP contribution in [0.15, 0.2) is 42.5 Å². The van der Waals surface area contributed by atoms with Crippen LogP contribution in [0.3, 0.4) is 0 Å². The summed E-state index contributed by atoms with van der Waals surface area (Å²) in [6.07, 6.45) is 0. The number of aryl methyl sites for hydroxylation is 2. The molecule has 0 radical (unpaired) electrons. The fourth-order valence-corrected chi connectivity index (χ4v) is 2.96. The number of pyridine rings is 1. The highest BCUT2D eigenvalue weighted by molar-refractivity contribution is 6.05. The number of carbonyl (C=O) groups is 1. The third kappa shape index (κ3) is 2.95. The summed E-state index contributed by atoms with van der Waals surface area (Å²) < 4.78 is 5.45. The number of rotatable bonds is 4. The van der Waals surface area contributed by atoms with E-state index in [1.54, 1.807) is 6.07 Å². The summed E-state index contributed by atoms with van der Waals surface area (Å²) in [6.45, 7) is 6.44. The van der Waals surface area contributed by atoms with Gasteiger partial charge in [-0.3, -0.25) is 0 Å². The van der Waals surface area contributed by atoms with Gasteiger partial charge < -0.3 is 9.84 Å². The van der Waals surface area contributed by atoms with Crippen LogP contribution >= 0.6 is 0 Å². The predicted molar refractivity (Wildman–Crippen MR) is 94.8 cm³/mol. The molecule has 0 saturated carbocycles. The third-order valence-corrected chi connectivity index (χ3v) is 3.94. The molecule has 0 aliphatic carbocycles. The lowest BCUT2D eigenvalue weighted by molar-refractivity contribution is 0.0699. The van der Waals surface area contributed by atoms with Crippen molar-refractivity contribution in [2.24, 2.45) is 0 Å². The quantitative estimate of drug-likeness (QED) is 0.762. The van der Waals surface area contributed by atoms with Gasteiger partial charge in [0.15, 0.2) is 0 Å². The molecule has 0 unspecified atom stereocenters. The van der Waals surface area contributed by atoms with Crippen LogP contribution in [0, 0.1) is 13.8 Å². The molecule has 4 nitrogen and oxygen atoms in total. The van der Waals surface area contributed by atoms with Crippen molar-refractivity contribution in [1.82, 2.24) is 4.98 Å². The van der Waals surface area contributed by atoms with Gasteiger partial charge in [0.2, 0.25) is 0 Å². The fraction of sp³-hybridized carbons (Fsp3) is 0.200. The molecule has 0 fully saturated rings. The second-order valence-electron chi connectivity index (χ2n) is 5.79. The summed E-state index contributed by atoms with van der Waals surface area (Å²) in [7, 11) is 0. The first-order chi connectivity index (χ1) is 11.5. The molecule has 2 aromatic carbocycles. The molecule has 3 aromatic rings. The Kier molecular flexibility index (Phi) is 4.21. The molecule has 0 aliphatic rings. The zero-order valence-electron chi connectivity index (χ0n) is 14.0. The summed E-state index contributed by atoms with van der Waals surface area (Å²) in [4.78, 5) is 16.4. The van der Waals surface area contributed by atoms with E-state index in [2.05, 4.69) is 4.98 Å². The van der Waals surface area contributed by atoms with Gasteiger partial charge in [-0.2, -0.15) is 0 Å². The molecule has 24 heavy (non-hydrogen) atoms. The molecule has 0 saturated heterocycles. The van der Waals surface area contributed by atoms with E-state index in [0.29, 0.717) is 23.2 Å². The number of hydrogen-bond acceptors (Lipinski definition) is 3. The van der Waals surface area contributed by atoms with Gasteiger partial charge >= 0.3 is 5.97 Å². The Balaban J connectivity index is 2.20. The second kappa shape index (κ2) is 6.32. The number of aromatic nitrogens is 1. The van der Waals surface area contributed by atoms with Crippen LogP contribution in [0.2, 0.25) is 0 Å². The van der Waals surface area contributed by atoms with Crippen molar-refractivity contribution in [3.63, 3.8) is 0 Å². The Hall–Kier alpha value is -2.88. The SMILES string of the molecule is CCOc1ccc(-c2cc(C(=O)O)c3c(C)cc(C)cc3n2)cc1. The molecule has 1 aromatic heterocycles. The van der Waals surface area contributed by atoms with Crippen molar-refractivity contribution < 1.29 is 14.6 Å². The molecular formula is C20H19NO3. The number of benzene rings is 2. The van der Waals surface area contributed by atoms with Crippen molar-refractivity contribution >= 4 is 16.9 Å². The molecule has 0 bridgehead atoms. The Labute approximate surface area is 140 Å². The number of hydrogen-bond donors (Lipinski definition) is 1. The van der Waals surface area contributed by atoms with Crippen LogP contribution in [0.4, 0.5) is 0 Å². The summed E-state index contributed by atoms with van der Waals surface area (Å²) >= 11 is 0. The Morgan fingerprint density at radius 2 is 1.83 bits per heavy atom. The van der Waals surface area contributed by atoms with Crippen LogP contribution in [-0.4, -0.2) is 22.7 Å². The van der Waals surface area contributed by atoms with E-state index in [4.69, 9.17) is 4.74 Å². The van der Waals surface area contributed by atoms with Gasteiger partial charge in [0.1, 0.15) is 5.75 Å². The molecule has 0 amide bonds. The maximum absolute atomic E-state index is 11.7. The van der Waals surface area contributed by atoms with Crippen molar-refractivity contribution in [2.45, 2.75) is 20.8 Å². The largest absolute Gasteiger partial charge is 0.494 e. The molecule has 3 rings (SSSR count). The average molecular weight is 321 g/mol. The van der Waals surface area contributed by atoms with Gasteiger partial charge in [0.05, 0.1) is 23.4 Å². The first-order valence-corrected chi connectivity index (χ1v) is 7.88. The van der Waals surface area contributed by atoms with Crippen molar-refractivity contribution in [1.29, 1.82) is 0 Å². The molecular weight excluding hydrogens is 302 g/mol. The molecule has 1 heterocycles. The number of carboxylic acids is 1. The van der Waals surface area contributed by atoms with Crippen LogP contribution in [-0.2, 0) is 0 Å². The molecule has 0 spiro atoms. The van der Waals surface area contributed by atoms with Crippen LogP contribution in [0.5, 0.6) is 5.75 Å². The fourth-order valence-electron chi connectivity index (χ4n) is 2.96. The maximum atomic E-state index is 11.7. The van der Waals surface area contributed by atoms with Gasteiger partial charge in [0.25, 0.3) is 0 Å². The Morgan fingerprint density at radius 1 is 1.12 bits per heavy atom. The smallest absolute Gasteiger partial charge is 0.336 e. The number of carboxylic acid groups (broad SMARTS) is 1. The second-order valence-corrected chi connectivity index (χ2v) is 5.79. The zero-order valence-corrected chi connectivity index (χ0v) is 14.0. The van der Waals surface area contributed by atoms with E-state index in [0.717, 1.165) is 22.4 Å². The van der Waals surface area contributed by atoms with E-state index in [1.165, 1.54) is 0 Å². The normalized spacial score (nSPS) is 10.8. The highest BCUT2D eigenvalue weighted by atomic mass is 16.5. The van der Waals surface area contributed by atoms with Gasteiger partial charge in [-0.25, -0.2) is 9.78 Å². The minimum absolute atomic E-state index is 0.279. The first-order valence-electron chi connectivity index (χ1n) is 7.88. The van der Waals surface area contributed by atoms with E-state index in [1.807, 2.05) is 57.2 Å². The standard InChI is InChI=1S/C20H19NO3/c1-4-24-15-7-5-14(6-8-15)17-11-16(20(22)23)19-13(3)9-12(2)10-18(19)21-17/h5-11H,4H2,1-3H3,(H,22,23). The summed E-state index contributed by atoms with van der Waals surface area (Å²) in [5.74, 6) is -0.159. The Morgan fingerprint density at radius 3 is 2.46 bits per heavy atom. The minimum atomic E-state index is -0.943. The van der Waals surface area contributed by atoms with Gasteiger partial charge in [-0.05, 0) is 68.3 Å². The van der Waals surface area contributed by atoms with Crippen molar-refractivity contribution in [3.05, 3.63) is 59.2 Å². The predicted octanol–water partition coefficient (Wildman–Crippen LogP) is 4.62. The average Bonchev–Trinajstić information content (AvgIpc) is 2.54. The Bertz CT molecular complexity index is 914. The number of ether oxygens (including phenoxy) is 1. The third-order valence-electron chi connectivity index (χ3n) is 3.94. The van der Waals surface area contributed by atoms with Crippen LogP contribution < -0.4 is 4.74 Å².